The number of hydrogen-bond donors (Lipinski definition) is 1. The van der Waals surface area contributed by atoms with Gasteiger partial charge in [0.05, 0.1) is 7.11 Å². The molecule has 2 aromatic rings. The Labute approximate surface area is 187 Å². The summed E-state index contributed by atoms with van der Waals surface area (Å²) in [6, 6.07) is 16.7. The summed E-state index contributed by atoms with van der Waals surface area (Å²) < 4.78 is 5.35. The van der Waals surface area contributed by atoms with Crippen LogP contribution in [0.25, 0.3) is 0 Å². The van der Waals surface area contributed by atoms with Crippen molar-refractivity contribution in [3.8, 4) is 5.75 Å². The second-order valence-corrected chi connectivity index (χ2v) is 8.62. The molecule has 1 saturated heterocycles. The molecule has 1 N–H and O–H groups in total. The summed E-state index contributed by atoms with van der Waals surface area (Å²) >= 11 is 0. The number of amides is 1. The number of anilines is 1. The monoisotopic (exact) mass is 423 g/mol. The SMILES string of the molecule is CCN(Cc1ccc(NC(C)=O)cc1)C[C@@H]1CCCN(CCc2cccc(OC)c2)C1. The highest BCUT2D eigenvalue weighted by Crippen LogP contribution is 2.20. The number of hydrogen-bond acceptors (Lipinski definition) is 4. The van der Waals surface area contributed by atoms with E-state index >= 15 is 0 Å². The highest BCUT2D eigenvalue weighted by Gasteiger charge is 2.21. The lowest BCUT2D eigenvalue weighted by molar-refractivity contribution is -0.114. The van der Waals surface area contributed by atoms with Crippen LogP contribution < -0.4 is 10.1 Å². The summed E-state index contributed by atoms with van der Waals surface area (Å²) in [6.07, 6.45) is 3.67. The molecule has 1 amide bonds. The number of piperidine rings is 1. The van der Waals surface area contributed by atoms with E-state index in [1.807, 2.05) is 18.2 Å². The Kier molecular flexibility index (Phi) is 8.92. The van der Waals surface area contributed by atoms with Gasteiger partial charge in [-0.15, -0.1) is 0 Å². The fourth-order valence-corrected chi connectivity index (χ4v) is 4.44. The van der Waals surface area contributed by atoms with Gasteiger partial charge in [0.1, 0.15) is 5.75 Å². The number of nitrogens with zero attached hydrogens (tertiary/aromatic N) is 2. The molecule has 0 aliphatic carbocycles. The van der Waals surface area contributed by atoms with Crippen LogP contribution in [-0.4, -0.2) is 55.5 Å². The Bertz CT molecular complexity index is 822. The standard InChI is InChI=1S/C26H37N3O2/c1-4-28(18-23-10-12-25(13-11-23)27-21(2)30)19-24-8-6-15-29(20-24)16-14-22-7-5-9-26(17-22)31-3/h5,7,9-13,17,24H,4,6,8,14-16,18-20H2,1-3H3,(H,27,30)/t24-/m0/s1. The molecule has 1 heterocycles. The van der Waals surface area contributed by atoms with Crippen molar-refractivity contribution in [2.24, 2.45) is 5.92 Å². The number of nitrogens with one attached hydrogen (secondary N) is 1. The molecule has 31 heavy (non-hydrogen) atoms. The van der Waals surface area contributed by atoms with Gasteiger partial charge >= 0.3 is 0 Å². The Hall–Kier alpha value is -2.37. The minimum atomic E-state index is -0.0313. The minimum Gasteiger partial charge on any atom is -0.497 e. The van der Waals surface area contributed by atoms with Gasteiger partial charge in [0.2, 0.25) is 5.91 Å². The van der Waals surface area contributed by atoms with Crippen LogP contribution in [0.5, 0.6) is 5.75 Å². The van der Waals surface area contributed by atoms with Crippen molar-refractivity contribution < 1.29 is 9.53 Å². The van der Waals surface area contributed by atoms with E-state index in [2.05, 4.69) is 52.4 Å². The number of carbonyl (C=O) groups is 1. The summed E-state index contributed by atoms with van der Waals surface area (Å²) in [7, 11) is 1.73. The molecular formula is C26H37N3O2. The van der Waals surface area contributed by atoms with Crippen LogP contribution in [0.1, 0.15) is 37.8 Å². The molecule has 1 aliphatic rings. The molecule has 1 fully saturated rings. The molecule has 0 unspecified atom stereocenters. The van der Waals surface area contributed by atoms with E-state index in [0.29, 0.717) is 0 Å². The fourth-order valence-electron chi connectivity index (χ4n) is 4.44. The summed E-state index contributed by atoms with van der Waals surface area (Å²) in [5.74, 6) is 1.63. The van der Waals surface area contributed by atoms with Gasteiger partial charge in [0, 0.05) is 38.8 Å². The second-order valence-electron chi connectivity index (χ2n) is 8.62. The van der Waals surface area contributed by atoms with Crippen LogP contribution in [0.15, 0.2) is 48.5 Å². The molecule has 0 saturated carbocycles. The lowest BCUT2D eigenvalue weighted by Crippen LogP contribution is -2.41. The Morgan fingerprint density at radius 1 is 1.19 bits per heavy atom. The van der Waals surface area contributed by atoms with Crippen LogP contribution >= 0.6 is 0 Å². The Morgan fingerprint density at radius 2 is 2.00 bits per heavy atom. The average molecular weight is 424 g/mol. The predicted molar refractivity (Wildman–Crippen MR) is 128 cm³/mol. The van der Waals surface area contributed by atoms with Crippen molar-refractivity contribution >= 4 is 11.6 Å². The molecule has 0 spiro atoms. The van der Waals surface area contributed by atoms with Crippen LogP contribution in [0.2, 0.25) is 0 Å². The normalized spacial score (nSPS) is 17.0. The predicted octanol–water partition coefficient (Wildman–Crippen LogP) is 4.43. The van der Waals surface area contributed by atoms with Crippen molar-refractivity contribution in [2.45, 2.75) is 39.7 Å². The summed E-state index contributed by atoms with van der Waals surface area (Å²) in [4.78, 5) is 16.4. The van der Waals surface area contributed by atoms with E-state index in [1.165, 1.54) is 44.0 Å². The molecule has 5 heteroatoms. The molecule has 0 aromatic heterocycles. The van der Waals surface area contributed by atoms with Crippen molar-refractivity contribution in [3.63, 3.8) is 0 Å². The van der Waals surface area contributed by atoms with E-state index in [0.717, 1.165) is 50.0 Å². The Balaban J connectivity index is 1.48. The molecule has 3 rings (SSSR count). The van der Waals surface area contributed by atoms with Crippen molar-refractivity contribution in [1.82, 2.24) is 9.80 Å². The molecular weight excluding hydrogens is 386 g/mol. The van der Waals surface area contributed by atoms with Gasteiger partial charge in [-0.1, -0.05) is 31.2 Å². The van der Waals surface area contributed by atoms with Crippen molar-refractivity contribution in [3.05, 3.63) is 59.7 Å². The lowest BCUT2D eigenvalue weighted by Gasteiger charge is -2.35. The van der Waals surface area contributed by atoms with E-state index in [9.17, 15) is 4.79 Å². The van der Waals surface area contributed by atoms with Gasteiger partial charge in [-0.25, -0.2) is 0 Å². The zero-order valence-electron chi connectivity index (χ0n) is 19.3. The van der Waals surface area contributed by atoms with E-state index in [4.69, 9.17) is 4.74 Å². The quantitative estimate of drug-likeness (QED) is 0.614. The molecule has 0 radical (unpaired) electrons. The summed E-state index contributed by atoms with van der Waals surface area (Å²) in [5.41, 5.74) is 3.50. The maximum atomic E-state index is 11.2. The fraction of sp³-hybridized carbons (Fsp3) is 0.500. The Morgan fingerprint density at radius 3 is 2.71 bits per heavy atom. The molecule has 1 aliphatic heterocycles. The van der Waals surface area contributed by atoms with E-state index in [-0.39, 0.29) is 5.91 Å². The highest BCUT2D eigenvalue weighted by atomic mass is 16.5. The first-order valence-electron chi connectivity index (χ1n) is 11.5. The third-order valence-electron chi connectivity index (χ3n) is 6.10. The lowest BCUT2D eigenvalue weighted by atomic mass is 9.96. The van der Waals surface area contributed by atoms with Gasteiger partial charge in [-0.2, -0.15) is 0 Å². The third-order valence-corrected chi connectivity index (χ3v) is 6.10. The topological polar surface area (TPSA) is 44.8 Å². The van der Waals surface area contributed by atoms with Crippen LogP contribution in [0.4, 0.5) is 5.69 Å². The zero-order chi connectivity index (χ0) is 22.1. The first-order chi connectivity index (χ1) is 15.1. The van der Waals surface area contributed by atoms with Crippen molar-refractivity contribution in [1.29, 1.82) is 0 Å². The van der Waals surface area contributed by atoms with Gasteiger partial charge in [0.15, 0.2) is 0 Å². The maximum Gasteiger partial charge on any atom is 0.221 e. The highest BCUT2D eigenvalue weighted by molar-refractivity contribution is 5.88. The van der Waals surface area contributed by atoms with Crippen LogP contribution in [0.3, 0.4) is 0 Å². The van der Waals surface area contributed by atoms with Crippen LogP contribution in [-0.2, 0) is 17.8 Å². The zero-order valence-corrected chi connectivity index (χ0v) is 19.3. The molecule has 1 atom stereocenters. The first kappa shape index (κ1) is 23.3. The van der Waals surface area contributed by atoms with Gasteiger partial charge < -0.3 is 15.0 Å². The van der Waals surface area contributed by atoms with Gasteiger partial charge in [-0.05, 0) is 73.7 Å². The largest absolute Gasteiger partial charge is 0.497 e. The first-order valence-corrected chi connectivity index (χ1v) is 11.5. The van der Waals surface area contributed by atoms with Crippen LogP contribution in [0, 0.1) is 5.92 Å². The van der Waals surface area contributed by atoms with E-state index in [1.54, 1.807) is 7.11 Å². The maximum absolute atomic E-state index is 11.2. The second kappa shape index (κ2) is 11.9. The number of benzene rings is 2. The minimum absolute atomic E-state index is 0.0313. The number of carbonyl (C=O) groups excluding carboxylic acids is 1. The third kappa shape index (κ3) is 7.67. The smallest absolute Gasteiger partial charge is 0.221 e. The number of ether oxygens (including phenoxy) is 1. The number of rotatable bonds is 10. The molecule has 0 bridgehead atoms. The summed E-state index contributed by atoms with van der Waals surface area (Å²) in [5, 5.41) is 2.83. The van der Waals surface area contributed by atoms with Gasteiger partial charge in [0.25, 0.3) is 0 Å². The van der Waals surface area contributed by atoms with E-state index < -0.39 is 0 Å². The molecule has 5 nitrogen and oxygen atoms in total. The number of likely N-dealkylation sites (tertiary alicyclic amines) is 1. The van der Waals surface area contributed by atoms with Gasteiger partial charge in [-0.3, -0.25) is 9.69 Å². The molecule has 2 aromatic carbocycles. The van der Waals surface area contributed by atoms with Crippen molar-refractivity contribution in [2.75, 3.05) is 45.2 Å². The molecule has 168 valence electrons. The number of methoxy groups -OCH3 is 1. The summed E-state index contributed by atoms with van der Waals surface area (Å²) in [6.45, 7) is 10.4. The average Bonchev–Trinajstić information content (AvgIpc) is 2.78.